The number of aliphatic hydroxyl groups is 1. The minimum absolute atomic E-state index is 0.456. The third-order valence-corrected chi connectivity index (χ3v) is 2.50. The standard InChI is InChI=1S/C11H14N2O/c1-7(14)9-3-2-4-10-8(5-12)6-13-11(9)10/h2-4,6-7,13-14H,5,12H2,1H3. The zero-order valence-electron chi connectivity index (χ0n) is 8.12. The second kappa shape index (κ2) is 3.44. The molecule has 0 aliphatic heterocycles. The van der Waals surface area contributed by atoms with Gasteiger partial charge in [-0.05, 0) is 12.5 Å². The summed E-state index contributed by atoms with van der Waals surface area (Å²) < 4.78 is 0. The van der Waals surface area contributed by atoms with Crippen LogP contribution in [0, 0.1) is 0 Å². The van der Waals surface area contributed by atoms with Gasteiger partial charge in [-0.2, -0.15) is 0 Å². The molecule has 4 N–H and O–H groups in total. The first-order valence-electron chi connectivity index (χ1n) is 4.71. The first-order valence-corrected chi connectivity index (χ1v) is 4.71. The average molecular weight is 190 g/mol. The third-order valence-electron chi connectivity index (χ3n) is 2.50. The van der Waals surface area contributed by atoms with Gasteiger partial charge in [0.05, 0.1) is 11.6 Å². The Morgan fingerprint density at radius 2 is 2.29 bits per heavy atom. The summed E-state index contributed by atoms with van der Waals surface area (Å²) in [4.78, 5) is 3.15. The molecule has 1 aromatic carbocycles. The molecule has 3 nitrogen and oxygen atoms in total. The van der Waals surface area contributed by atoms with Crippen molar-refractivity contribution in [2.45, 2.75) is 19.6 Å². The van der Waals surface area contributed by atoms with Crippen molar-refractivity contribution in [2.75, 3.05) is 0 Å². The molecule has 1 atom stereocenters. The number of para-hydroxylation sites is 1. The van der Waals surface area contributed by atoms with Gasteiger partial charge >= 0.3 is 0 Å². The van der Waals surface area contributed by atoms with Crippen molar-refractivity contribution >= 4 is 10.9 Å². The summed E-state index contributed by atoms with van der Waals surface area (Å²) in [5.41, 5.74) is 8.60. The molecule has 0 radical (unpaired) electrons. The molecule has 74 valence electrons. The van der Waals surface area contributed by atoms with Crippen LogP contribution in [0.1, 0.15) is 24.2 Å². The number of fused-ring (bicyclic) bond motifs is 1. The van der Waals surface area contributed by atoms with Gasteiger partial charge in [0.15, 0.2) is 0 Å². The lowest BCUT2D eigenvalue weighted by Crippen LogP contribution is -1.95. The minimum atomic E-state index is -0.456. The lowest BCUT2D eigenvalue weighted by molar-refractivity contribution is 0.200. The summed E-state index contributed by atoms with van der Waals surface area (Å²) in [7, 11) is 0. The summed E-state index contributed by atoms with van der Waals surface area (Å²) in [6.07, 6.45) is 1.44. The highest BCUT2D eigenvalue weighted by Crippen LogP contribution is 2.25. The van der Waals surface area contributed by atoms with Crippen molar-refractivity contribution in [1.29, 1.82) is 0 Å². The molecule has 0 saturated heterocycles. The number of rotatable bonds is 2. The van der Waals surface area contributed by atoms with E-state index in [2.05, 4.69) is 4.98 Å². The predicted molar refractivity (Wildman–Crippen MR) is 56.8 cm³/mol. The average Bonchev–Trinajstić information content (AvgIpc) is 2.59. The van der Waals surface area contributed by atoms with E-state index in [1.807, 2.05) is 24.4 Å². The van der Waals surface area contributed by atoms with Gasteiger partial charge in [-0.3, -0.25) is 0 Å². The Morgan fingerprint density at radius 1 is 1.50 bits per heavy atom. The minimum Gasteiger partial charge on any atom is -0.389 e. The Labute approximate surface area is 82.6 Å². The first kappa shape index (κ1) is 9.24. The maximum Gasteiger partial charge on any atom is 0.0782 e. The van der Waals surface area contributed by atoms with Crippen molar-refractivity contribution in [3.8, 4) is 0 Å². The number of benzene rings is 1. The highest BCUT2D eigenvalue weighted by atomic mass is 16.3. The van der Waals surface area contributed by atoms with Crippen molar-refractivity contribution in [1.82, 2.24) is 4.98 Å². The number of aromatic nitrogens is 1. The van der Waals surface area contributed by atoms with Gasteiger partial charge in [0.1, 0.15) is 0 Å². The van der Waals surface area contributed by atoms with Crippen LogP contribution in [0.5, 0.6) is 0 Å². The molecule has 0 aliphatic carbocycles. The van der Waals surface area contributed by atoms with Crippen LogP contribution in [-0.2, 0) is 6.54 Å². The molecule has 1 aromatic heterocycles. The molecular weight excluding hydrogens is 176 g/mol. The molecule has 0 saturated carbocycles. The topological polar surface area (TPSA) is 62.0 Å². The van der Waals surface area contributed by atoms with E-state index in [9.17, 15) is 5.11 Å². The van der Waals surface area contributed by atoms with Gasteiger partial charge < -0.3 is 15.8 Å². The number of hydrogen-bond donors (Lipinski definition) is 3. The Morgan fingerprint density at radius 3 is 2.93 bits per heavy atom. The van der Waals surface area contributed by atoms with Crippen molar-refractivity contribution in [2.24, 2.45) is 5.73 Å². The van der Waals surface area contributed by atoms with E-state index in [0.717, 1.165) is 22.0 Å². The van der Waals surface area contributed by atoms with Crippen LogP contribution in [0.25, 0.3) is 10.9 Å². The number of aliphatic hydroxyl groups excluding tert-OH is 1. The number of aromatic amines is 1. The number of H-pyrrole nitrogens is 1. The summed E-state index contributed by atoms with van der Waals surface area (Å²) in [5, 5.41) is 10.7. The normalized spacial score (nSPS) is 13.4. The van der Waals surface area contributed by atoms with E-state index in [4.69, 9.17) is 5.73 Å². The number of nitrogens with one attached hydrogen (secondary N) is 1. The first-order chi connectivity index (χ1) is 6.74. The summed E-state index contributed by atoms with van der Waals surface area (Å²) in [6, 6.07) is 5.88. The molecular formula is C11H14N2O. The molecule has 0 bridgehead atoms. The zero-order valence-corrected chi connectivity index (χ0v) is 8.12. The maximum absolute atomic E-state index is 9.55. The van der Waals surface area contributed by atoms with Crippen molar-refractivity contribution in [3.63, 3.8) is 0 Å². The highest BCUT2D eigenvalue weighted by Gasteiger charge is 2.09. The Kier molecular flexibility index (Phi) is 2.27. The van der Waals surface area contributed by atoms with Crippen LogP contribution in [0.15, 0.2) is 24.4 Å². The molecule has 1 unspecified atom stereocenters. The van der Waals surface area contributed by atoms with Crippen LogP contribution < -0.4 is 5.73 Å². The van der Waals surface area contributed by atoms with Gasteiger partial charge in [-0.1, -0.05) is 18.2 Å². The molecule has 3 heteroatoms. The number of nitrogens with two attached hydrogens (primary N) is 1. The van der Waals surface area contributed by atoms with E-state index in [-0.39, 0.29) is 0 Å². The van der Waals surface area contributed by atoms with Gasteiger partial charge in [-0.25, -0.2) is 0 Å². The van der Waals surface area contributed by atoms with Crippen LogP contribution >= 0.6 is 0 Å². The second-order valence-electron chi connectivity index (χ2n) is 3.46. The van der Waals surface area contributed by atoms with E-state index in [1.54, 1.807) is 6.92 Å². The SMILES string of the molecule is CC(O)c1cccc2c(CN)c[nH]c12. The van der Waals surface area contributed by atoms with Crippen molar-refractivity contribution in [3.05, 3.63) is 35.5 Å². The Hall–Kier alpha value is -1.32. The van der Waals surface area contributed by atoms with Crippen LogP contribution in [0.3, 0.4) is 0 Å². The van der Waals surface area contributed by atoms with Gasteiger partial charge in [-0.15, -0.1) is 0 Å². The van der Waals surface area contributed by atoms with Gasteiger partial charge in [0, 0.05) is 23.7 Å². The lowest BCUT2D eigenvalue weighted by atomic mass is 10.1. The van der Waals surface area contributed by atoms with Crippen molar-refractivity contribution < 1.29 is 5.11 Å². The van der Waals surface area contributed by atoms with E-state index in [0.29, 0.717) is 6.54 Å². The maximum atomic E-state index is 9.55. The molecule has 0 fully saturated rings. The van der Waals surface area contributed by atoms with Gasteiger partial charge in [0.2, 0.25) is 0 Å². The Balaban J connectivity index is 2.70. The molecule has 1 heterocycles. The van der Waals surface area contributed by atoms with E-state index in [1.165, 1.54) is 0 Å². The van der Waals surface area contributed by atoms with Crippen LogP contribution in [0.2, 0.25) is 0 Å². The van der Waals surface area contributed by atoms with Crippen LogP contribution in [-0.4, -0.2) is 10.1 Å². The molecule has 14 heavy (non-hydrogen) atoms. The predicted octanol–water partition coefficient (Wildman–Crippen LogP) is 1.68. The number of hydrogen-bond acceptors (Lipinski definition) is 2. The van der Waals surface area contributed by atoms with Gasteiger partial charge in [0.25, 0.3) is 0 Å². The fourth-order valence-corrected chi connectivity index (χ4v) is 1.75. The smallest absolute Gasteiger partial charge is 0.0782 e. The molecule has 2 aromatic rings. The van der Waals surface area contributed by atoms with E-state index >= 15 is 0 Å². The fraction of sp³-hybridized carbons (Fsp3) is 0.273. The summed E-state index contributed by atoms with van der Waals surface area (Å²) in [6.45, 7) is 2.28. The lowest BCUT2D eigenvalue weighted by Gasteiger charge is -2.05. The zero-order chi connectivity index (χ0) is 10.1. The molecule has 0 spiro atoms. The monoisotopic (exact) mass is 190 g/mol. The third kappa shape index (κ3) is 1.31. The van der Waals surface area contributed by atoms with Crippen LogP contribution in [0.4, 0.5) is 0 Å². The highest BCUT2D eigenvalue weighted by molar-refractivity contribution is 5.86. The summed E-state index contributed by atoms with van der Waals surface area (Å²) >= 11 is 0. The molecule has 0 aliphatic rings. The Bertz CT molecular complexity index is 445. The second-order valence-corrected chi connectivity index (χ2v) is 3.46. The molecule has 0 amide bonds. The van der Waals surface area contributed by atoms with E-state index < -0.39 is 6.10 Å². The largest absolute Gasteiger partial charge is 0.389 e. The molecule has 2 rings (SSSR count). The summed E-state index contributed by atoms with van der Waals surface area (Å²) in [5.74, 6) is 0. The quantitative estimate of drug-likeness (QED) is 0.674. The fourth-order valence-electron chi connectivity index (χ4n) is 1.75.